The fraction of sp³-hybridized carbons (Fsp3) is 0.846. The maximum atomic E-state index is 12.8. The van der Waals surface area contributed by atoms with Gasteiger partial charge in [0.2, 0.25) is 5.91 Å². The third kappa shape index (κ3) is 10.3. The van der Waals surface area contributed by atoms with E-state index in [1.807, 2.05) is 6.08 Å². The Morgan fingerprint density at radius 3 is 2.74 bits per heavy atom. The number of guanidine groups is 1. The zero-order chi connectivity index (χ0) is 30.9. The summed E-state index contributed by atoms with van der Waals surface area (Å²) in [5.41, 5.74) is 21.3. The van der Waals surface area contributed by atoms with Crippen molar-refractivity contribution in [1.82, 2.24) is 10.6 Å². The zero-order valence-electron chi connectivity index (χ0n) is 24.1. The van der Waals surface area contributed by atoms with E-state index in [1.165, 1.54) is 6.92 Å². The number of nitrogens with one attached hydrogen (secondary N) is 2. The summed E-state index contributed by atoms with van der Waals surface area (Å²) < 4.78 is 23.7. The summed E-state index contributed by atoms with van der Waals surface area (Å²) in [5.74, 6) is -0.194. The van der Waals surface area contributed by atoms with Gasteiger partial charge < -0.3 is 72.9 Å². The van der Waals surface area contributed by atoms with Gasteiger partial charge in [-0.05, 0) is 45.4 Å². The van der Waals surface area contributed by atoms with Gasteiger partial charge in [0.05, 0.1) is 24.8 Å². The van der Waals surface area contributed by atoms with Gasteiger partial charge in [-0.25, -0.2) is 0 Å². The number of nitrogens with zero attached hydrogens (tertiary/aromatic N) is 1. The molecule has 0 radical (unpaired) electrons. The lowest BCUT2D eigenvalue weighted by Gasteiger charge is -2.47. The number of aliphatic hydroxyl groups excluding tert-OH is 3. The van der Waals surface area contributed by atoms with Gasteiger partial charge in [0.15, 0.2) is 18.5 Å². The number of aliphatic imine (C=N–C) groups is 1. The van der Waals surface area contributed by atoms with Crippen molar-refractivity contribution >= 4 is 11.9 Å². The molecular formula is C26H49N7O9. The molecule has 1 saturated heterocycles. The van der Waals surface area contributed by atoms with Gasteiger partial charge >= 0.3 is 0 Å². The highest BCUT2D eigenvalue weighted by molar-refractivity contribution is 5.81. The zero-order valence-corrected chi connectivity index (χ0v) is 24.1. The largest absolute Gasteiger partial charge is 0.468 e. The van der Waals surface area contributed by atoms with E-state index < -0.39 is 66.7 Å². The fourth-order valence-electron chi connectivity index (χ4n) is 5.21. The van der Waals surface area contributed by atoms with Crippen LogP contribution in [-0.4, -0.2) is 126 Å². The van der Waals surface area contributed by atoms with Crippen LogP contribution in [0.5, 0.6) is 0 Å². The number of carbonyl (C=O) groups is 1. The smallest absolute Gasteiger partial charge is 0.249 e. The van der Waals surface area contributed by atoms with Gasteiger partial charge in [0, 0.05) is 31.8 Å². The predicted molar refractivity (Wildman–Crippen MR) is 151 cm³/mol. The van der Waals surface area contributed by atoms with Crippen molar-refractivity contribution in [2.45, 2.75) is 106 Å². The number of ether oxygens (including phenoxy) is 4. The molecule has 0 aromatic rings. The number of allylic oxidation sites excluding steroid dienone is 1. The molecule has 0 aromatic heterocycles. The maximum Gasteiger partial charge on any atom is 0.249 e. The van der Waals surface area contributed by atoms with E-state index in [0.717, 1.165) is 13.0 Å². The third-order valence-corrected chi connectivity index (χ3v) is 7.38. The van der Waals surface area contributed by atoms with Gasteiger partial charge in [0.1, 0.15) is 36.3 Å². The van der Waals surface area contributed by atoms with Crippen LogP contribution in [0.4, 0.5) is 0 Å². The van der Waals surface area contributed by atoms with Crippen molar-refractivity contribution in [3.05, 3.63) is 11.8 Å². The maximum absolute atomic E-state index is 12.8. The van der Waals surface area contributed by atoms with Crippen LogP contribution in [0.1, 0.15) is 45.4 Å². The molecule has 10 atom stereocenters. The third-order valence-electron chi connectivity index (χ3n) is 7.38. The van der Waals surface area contributed by atoms with Crippen LogP contribution in [0, 0.1) is 0 Å². The lowest BCUT2D eigenvalue weighted by Crippen LogP contribution is -2.67. The summed E-state index contributed by atoms with van der Waals surface area (Å²) in [4.78, 5) is 16.6. The molecule has 6 unspecified atom stereocenters. The van der Waals surface area contributed by atoms with Crippen molar-refractivity contribution in [2.75, 3.05) is 32.8 Å². The fourth-order valence-corrected chi connectivity index (χ4v) is 5.21. The molecule has 2 fully saturated rings. The van der Waals surface area contributed by atoms with Crippen LogP contribution < -0.4 is 33.6 Å². The molecule has 16 nitrogen and oxygen atoms in total. The molecule has 42 heavy (non-hydrogen) atoms. The standard InChI is InChI=1S/C26H49N7O9/c1-26(38)11-18(35)24(39-13-26)42-22-16(33-23(37)17(34)6-9-32-25(29)30)10-15(28)21(20(22)36)41-19-5-2-4-14(40-19)12-31-8-3-7-27/h4,15-22,24,31,34-36,38H,2-3,5-13,27-28H2,1H3,(H,33,37)(H4,29,30,32)/t15?,16?,17?,18?,19-,20?,21-,22+,24?,26-/m1/s1. The molecule has 14 N–H and O–H groups in total. The first kappa shape index (κ1) is 34.4. The average Bonchev–Trinajstić information content (AvgIpc) is 2.92. The Kier molecular flexibility index (Phi) is 13.2. The number of aliphatic hydroxyl groups is 4. The number of carbonyl (C=O) groups excluding carboxylic acids is 1. The molecular weight excluding hydrogens is 554 g/mol. The number of rotatable bonds is 14. The van der Waals surface area contributed by atoms with Crippen molar-refractivity contribution < 1.29 is 44.2 Å². The van der Waals surface area contributed by atoms with Crippen LogP contribution in [0.15, 0.2) is 16.8 Å². The predicted octanol–water partition coefficient (Wildman–Crippen LogP) is -3.83. The normalized spacial score (nSPS) is 35.9. The first-order valence-corrected chi connectivity index (χ1v) is 14.5. The van der Waals surface area contributed by atoms with Gasteiger partial charge in [-0.1, -0.05) is 0 Å². The summed E-state index contributed by atoms with van der Waals surface area (Å²) in [7, 11) is 0. The summed E-state index contributed by atoms with van der Waals surface area (Å²) in [5, 5.41) is 48.6. The van der Waals surface area contributed by atoms with E-state index in [4.69, 9.17) is 41.9 Å². The molecule has 2 heterocycles. The minimum absolute atomic E-state index is 0.0230. The van der Waals surface area contributed by atoms with Gasteiger partial charge in [0.25, 0.3) is 0 Å². The Hall–Kier alpha value is -2.12. The van der Waals surface area contributed by atoms with E-state index in [9.17, 15) is 25.2 Å². The summed E-state index contributed by atoms with van der Waals surface area (Å²) in [6, 6.07) is -1.63. The molecule has 0 spiro atoms. The number of nitrogens with two attached hydrogens (primary N) is 4. The molecule has 3 aliphatic rings. The Balaban J connectivity index is 1.69. The van der Waals surface area contributed by atoms with Gasteiger partial charge in [-0.2, -0.15) is 0 Å². The topological polar surface area (TPSA) is 275 Å². The minimum atomic E-state index is -1.44. The second-order valence-corrected chi connectivity index (χ2v) is 11.4. The monoisotopic (exact) mass is 603 g/mol. The van der Waals surface area contributed by atoms with Crippen molar-refractivity contribution in [3.63, 3.8) is 0 Å². The van der Waals surface area contributed by atoms with Crippen molar-refractivity contribution in [1.29, 1.82) is 0 Å². The molecule has 1 amide bonds. The SMILES string of the molecule is C[C@]1(O)COC(O[C@H]2C(NC(=O)C(O)CCN=C(N)N)CC(N)[C@@H](O[C@@H]3CCC=C(CNCCCN)O3)C2O)C(O)C1. The van der Waals surface area contributed by atoms with Gasteiger partial charge in [-0.15, -0.1) is 0 Å². The van der Waals surface area contributed by atoms with E-state index in [-0.39, 0.29) is 38.4 Å². The molecule has 1 saturated carbocycles. The molecule has 2 aliphatic heterocycles. The average molecular weight is 604 g/mol. The minimum Gasteiger partial charge on any atom is -0.468 e. The molecule has 3 rings (SSSR count). The molecule has 242 valence electrons. The summed E-state index contributed by atoms with van der Waals surface area (Å²) in [6.45, 7) is 3.28. The van der Waals surface area contributed by atoms with E-state index in [1.54, 1.807) is 0 Å². The lowest BCUT2D eigenvalue weighted by molar-refractivity contribution is -0.297. The van der Waals surface area contributed by atoms with Crippen molar-refractivity contribution in [3.8, 4) is 0 Å². The highest BCUT2D eigenvalue weighted by Gasteiger charge is 2.49. The van der Waals surface area contributed by atoms with E-state index >= 15 is 0 Å². The molecule has 0 bridgehead atoms. The van der Waals surface area contributed by atoms with E-state index in [0.29, 0.717) is 31.7 Å². The Labute approximate surface area is 245 Å². The molecule has 1 aliphatic carbocycles. The Morgan fingerprint density at radius 2 is 2.05 bits per heavy atom. The highest BCUT2D eigenvalue weighted by atomic mass is 16.7. The highest BCUT2D eigenvalue weighted by Crippen LogP contribution is 2.32. The summed E-state index contributed by atoms with van der Waals surface area (Å²) >= 11 is 0. The first-order chi connectivity index (χ1) is 19.9. The van der Waals surface area contributed by atoms with Gasteiger partial charge in [-0.3, -0.25) is 9.79 Å². The Bertz CT molecular complexity index is 921. The number of amides is 1. The van der Waals surface area contributed by atoms with Crippen LogP contribution in [0.3, 0.4) is 0 Å². The lowest BCUT2D eigenvalue weighted by atomic mass is 9.83. The molecule has 0 aromatic carbocycles. The first-order valence-electron chi connectivity index (χ1n) is 14.5. The van der Waals surface area contributed by atoms with Crippen LogP contribution in [0.2, 0.25) is 0 Å². The van der Waals surface area contributed by atoms with E-state index in [2.05, 4.69) is 15.6 Å². The quantitative estimate of drug-likeness (QED) is 0.0518. The van der Waals surface area contributed by atoms with Crippen LogP contribution in [0.25, 0.3) is 0 Å². The van der Waals surface area contributed by atoms with Crippen LogP contribution >= 0.6 is 0 Å². The number of hydrogen-bond acceptors (Lipinski definition) is 13. The Morgan fingerprint density at radius 1 is 1.29 bits per heavy atom. The summed E-state index contributed by atoms with van der Waals surface area (Å²) in [6.07, 6.45) is -3.93. The second kappa shape index (κ2) is 16.1. The molecule has 16 heteroatoms. The van der Waals surface area contributed by atoms with Crippen molar-refractivity contribution in [2.24, 2.45) is 27.9 Å². The number of hydrogen-bond donors (Lipinski definition) is 10. The van der Waals surface area contributed by atoms with Crippen LogP contribution in [-0.2, 0) is 23.7 Å². The second-order valence-electron chi connectivity index (χ2n) is 11.4.